The zero-order valence-corrected chi connectivity index (χ0v) is 12.8. The Kier molecular flexibility index (Phi) is 9.67. The molecule has 8 nitrogen and oxygen atoms in total. The molecule has 5 unspecified atom stereocenters. The van der Waals surface area contributed by atoms with Crippen LogP contribution in [0.4, 0.5) is 0 Å². The fourth-order valence-corrected chi connectivity index (χ4v) is 2.04. The maximum atomic E-state index is 11.9. The minimum Gasteiger partial charge on any atom is -0.394 e. The van der Waals surface area contributed by atoms with Crippen molar-refractivity contribution in [3.05, 3.63) is 0 Å². The monoisotopic (exact) mass is 308 g/mol. The van der Waals surface area contributed by atoms with E-state index in [4.69, 9.17) is 5.11 Å². The van der Waals surface area contributed by atoms with Crippen molar-refractivity contribution >= 4 is 5.91 Å². The van der Waals surface area contributed by atoms with Gasteiger partial charge in [0.2, 0.25) is 0 Å². The second kappa shape index (κ2) is 10.0. The first kappa shape index (κ1) is 20.2. The third-order valence-electron chi connectivity index (χ3n) is 3.47. The van der Waals surface area contributed by atoms with Gasteiger partial charge in [-0.1, -0.05) is 20.8 Å². The number of nitrogens with one attached hydrogen (secondary N) is 1. The molecule has 126 valence electrons. The van der Waals surface area contributed by atoms with Crippen LogP contribution in [0.5, 0.6) is 0 Å². The summed E-state index contributed by atoms with van der Waals surface area (Å²) in [6.45, 7) is 6.37. The molecule has 0 saturated heterocycles. The van der Waals surface area contributed by atoms with Crippen molar-refractivity contribution in [3.63, 3.8) is 0 Å². The smallest absolute Gasteiger partial charge is 0.252 e. The van der Waals surface area contributed by atoms with Gasteiger partial charge in [-0.25, -0.2) is 0 Å². The standard InChI is InChI=1S/C13H28N2O6/c1-4-9(15(5-2)6-3)14-13(21)12(20)11(19)10(18)8(17)7-16/h8-12,16-20H,4-7H2,1-3H3,(H,14,21). The van der Waals surface area contributed by atoms with Gasteiger partial charge in [0, 0.05) is 0 Å². The molecular formula is C13H28N2O6. The van der Waals surface area contributed by atoms with Crippen molar-refractivity contribution in [2.75, 3.05) is 19.7 Å². The molecule has 0 rings (SSSR count). The fraction of sp³-hybridized carbons (Fsp3) is 0.923. The van der Waals surface area contributed by atoms with Crippen molar-refractivity contribution < 1.29 is 30.3 Å². The molecule has 0 aromatic rings. The number of aliphatic hydroxyl groups excluding tert-OH is 5. The molecule has 0 aliphatic carbocycles. The first-order chi connectivity index (χ1) is 9.83. The predicted octanol–water partition coefficient (Wildman–Crippen LogP) is -2.38. The van der Waals surface area contributed by atoms with E-state index < -0.39 is 36.9 Å². The number of rotatable bonds is 10. The maximum Gasteiger partial charge on any atom is 0.252 e. The Hall–Kier alpha value is -0.770. The molecule has 0 spiro atoms. The van der Waals surface area contributed by atoms with E-state index >= 15 is 0 Å². The maximum absolute atomic E-state index is 11.9. The van der Waals surface area contributed by atoms with Gasteiger partial charge in [-0.3, -0.25) is 9.69 Å². The average Bonchev–Trinajstić information content (AvgIpc) is 2.51. The quantitative estimate of drug-likeness (QED) is 0.248. The number of nitrogens with zero attached hydrogens (tertiary/aromatic N) is 1. The molecule has 0 saturated carbocycles. The van der Waals surface area contributed by atoms with Gasteiger partial charge in [0.15, 0.2) is 6.10 Å². The Morgan fingerprint density at radius 3 is 1.95 bits per heavy atom. The molecule has 0 aliphatic heterocycles. The lowest BCUT2D eigenvalue weighted by Crippen LogP contribution is -2.56. The van der Waals surface area contributed by atoms with Crippen molar-refractivity contribution in [2.45, 2.75) is 57.8 Å². The fourth-order valence-electron chi connectivity index (χ4n) is 2.04. The lowest BCUT2D eigenvalue weighted by molar-refractivity contribution is -0.150. The van der Waals surface area contributed by atoms with Crippen molar-refractivity contribution in [2.24, 2.45) is 0 Å². The molecule has 0 aliphatic rings. The van der Waals surface area contributed by atoms with Crippen LogP contribution >= 0.6 is 0 Å². The molecule has 8 heteroatoms. The highest BCUT2D eigenvalue weighted by atomic mass is 16.4. The second-order valence-electron chi connectivity index (χ2n) is 4.83. The summed E-state index contributed by atoms with van der Waals surface area (Å²) in [7, 11) is 0. The minimum absolute atomic E-state index is 0.297. The molecule has 0 fully saturated rings. The topological polar surface area (TPSA) is 133 Å². The summed E-state index contributed by atoms with van der Waals surface area (Å²) < 4.78 is 0. The molecule has 21 heavy (non-hydrogen) atoms. The number of aliphatic hydroxyl groups is 5. The third kappa shape index (κ3) is 5.85. The normalized spacial score (nSPS) is 18.9. The van der Waals surface area contributed by atoms with Crippen LogP contribution in [0.25, 0.3) is 0 Å². The van der Waals surface area contributed by atoms with E-state index in [1.165, 1.54) is 0 Å². The Bertz CT molecular complexity index is 300. The predicted molar refractivity (Wildman–Crippen MR) is 76.3 cm³/mol. The van der Waals surface area contributed by atoms with Crippen LogP contribution < -0.4 is 5.32 Å². The van der Waals surface area contributed by atoms with E-state index in [0.29, 0.717) is 19.5 Å². The largest absolute Gasteiger partial charge is 0.394 e. The molecule has 0 aromatic carbocycles. The highest BCUT2D eigenvalue weighted by Crippen LogP contribution is 2.07. The molecule has 1 amide bonds. The van der Waals surface area contributed by atoms with E-state index in [1.807, 2.05) is 25.7 Å². The van der Waals surface area contributed by atoms with Gasteiger partial charge in [0.25, 0.3) is 5.91 Å². The number of amides is 1. The van der Waals surface area contributed by atoms with Gasteiger partial charge in [0.05, 0.1) is 12.8 Å². The van der Waals surface area contributed by atoms with Crippen LogP contribution in [0.2, 0.25) is 0 Å². The van der Waals surface area contributed by atoms with E-state index in [0.717, 1.165) is 0 Å². The van der Waals surface area contributed by atoms with E-state index in [2.05, 4.69) is 5.32 Å². The highest BCUT2D eigenvalue weighted by molar-refractivity contribution is 5.81. The summed E-state index contributed by atoms with van der Waals surface area (Å²) in [5.74, 6) is -0.842. The number of hydrogen-bond acceptors (Lipinski definition) is 7. The summed E-state index contributed by atoms with van der Waals surface area (Å²) in [6.07, 6.45) is -6.92. The Balaban J connectivity index is 4.69. The minimum atomic E-state index is -1.90. The highest BCUT2D eigenvalue weighted by Gasteiger charge is 2.35. The third-order valence-corrected chi connectivity index (χ3v) is 3.47. The Labute approximate surface area is 125 Å². The van der Waals surface area contributed by atoms with Crippen LogP contribution in [-0.4, -0.2) is 86.6 Å². The van der Waals surface area contributed by atoms with Crippen molar-refractivity contribution in [1.29, 1.82) is 0 Å². The van der Waals surface area contributed by atoms with Crippen molar-refractivity contribution in [3.8, 4) is 0 Å². The lowest BCUT2D eigenvalue weighted by Gasteiger charge is -2.31. The van der Waals surface area contributed by atoms with Crippen LogP contribution in [0.3, 0.4) is 0 Å². The second-order valence-corrected chi connectivity index (χ2v) is 4.83. The first-order valence-electron chi connectivity index (χ1n) is 7.21. The van der Waals surface area contributed by atoms with Gasteiger partial charge >= 0.3 is 0 Å². The molecule has 0 radical (unpaired) electrons. The van der Waals surface area contributed by atoms with Gasteiger partial charge in [-0.15, -0.1) is 0 Å². The van der Waals surface area contributed by atoms with Crippen LogP contribution in [0.15, 0.2) is 0 Å². The van der Waals surface area contributed by atoms with E-state index in [-0.39, 0.29) is 6.17 Å². The van der Waals surface area contributed by atoms with E-state index in [1.54, 1.807) is 0 Å². The number of hydrogen-bond donors (Lipinski definition) is 6. The Morgan fingerprint density at radius 2 is 1.57 bits per heavy atom. The number of carbonyl (C=O) groups excluding carboxylic acids is 1. The average molecular weight is 308 g/mol. The molecule has 0 heterocycles. The molecule has 0 bridgehead atoms. The van der Waals surface area contributed by atoms with Crippen molar-refractivity contribution in [1.82, 2.24) is 10.2 Å². The van der Waals surface area contributed by atoms with Crippen LogP contribution in [0.1, 0.15) is 27.2 Å². The molecule has 5 atom stereocenters. The van der Waals surface area contributed by atoms with Crippen LogP contribution in [-0.2, 0) is 4.79 Å². The van der Waals surface area contributed by atoms with Gasteiger partial charge in [0.1, 0.15) is 18.3 Å². The summed E-state index contributed by atoms with van der Waals surface area (Å²) in [5.41, 5.74) is 0. The first-order valence-corrected chi connectivity index (χ1v) is 7.21. The zero-order chi connectivity index (χ0) is 16.6. The summed E-state index contributed by atoms with van der Waals surface area (Å²) in [4.78, 5) is 13.9. The van der Waals surface area contributed by atoms with E-state index in [9.17, 15) is 25.2 Å². The SMILES string of the molecule is CCC(NC(=O)C(O)C(O)C(O)C(O)CO)N(CC)CC. The number of carbonyl (C=O) groups is 1. The van der Waals surface area contributed by atoms with Gasteiger partial charge < -0.3 is 30.8 Å². The van der Waals surface area contributed by atoms with Gasteiger partial charge in [-0.05, 0) is 19.5 Å². The summed E-state index contributed by atoms with van der Waals surface area (Å²) in [6, 6.07) is 0. The summed E-state index contributed by atoms with van der Waals surface area (Å²) in [5, 5.41) is 49.4. The summed E-state index contributed by atoms with van der Waals surface area (Å²) >= 11 is 0. The molecular weight excluding hydrogens is 280 g/mol. The van der Waals surface area contributed by atoms with Crippen LogP contribution in [0, 0.1) is 0 Å². The zero-order valence-electron chi connectivity index (χ0n) is 12.8. The molecule has 0 aromatic heterocycles. The molecule has 6 N–H and O–H groups in total. The lowest BCUT2D eigenvalue weighted by atomic mass is 10.0. The van der Waals surface area contributed by atoms with Gasteiger partial charge in [-0.2, -0.15) is 0 Å². The Morgan fingerprint density at radius 1 is 1.05 bits per heavy atom.